The molecule has 1 saturated heterocycles. The molecule has 4 heterocycles. The van der Waals surface area contributed by atoms with E-state index in [2.05, 4.69) is 39.7 Å². The van der Waals surface area contributed by atoms with Gasteiger partial charge in [0.2, 0.25) is 5.91 Å². The zero-order chi connectivity index (χ0) is 30.8. The third kappa shape index (κ3) is 4.62. The first-order valence-electron chi connectivity index (χ1n) is 15.3. The SMILES string of the molecule is Cc1ccc(S(=O)(=O)Nc2cc(-c3ccc4ncc5c(c4c3)C3(CCC3)C(=O)N5C)cnc2N2CCC(N(C)C)CC2)cc1. The van der Waals surface area contributed by atoms with E-state index < -0.39 is 15.4 Å². The van der Waals surface area contributed by atoms with E-state index in [1.807, 2.05) is 44.6 Å². The molecule has 2 aromatic heterocycles. The van der Waals surface area contributed by atoms with E-state index in [0.29, 0.717) is 17.5 Å². The number of nitrogens with one attached hydrogen (secondary N) is 1. The van der Waals surface area contributed by atoms with Gasteiger partial charge in [-0.15, -0.1) is 0 Å². The van der Waals surface area contributed by atoms with Gasteiger partial charge in [-0.05, 0) is 82.6 Å². The number of fused-ring (bicyclic) bond motifs is 4. The summed E-state index contributed by atoms with van der Waals surface area (Å²) in [5.74, 6) is 0.779. The molecule has 1 aliphatic carbocycles. The van der Waals surface area contributed by atoms with E-state index in [1.165, 1.54) is 0 Å². The second-order valence-corrected chi connectivity index (χ2v) is 14.4. The highest BCUT2D eigenvalue weighted by Gasteiger charge is 2.54. The molecule has 1 saturated carbocycles. The van der Waals surface area contributed by atoms with Crippen LogP contribution >= 0.6 is 0 Å². The molecule has 9 nitrogen and oxygen atoms in total. The normalized spacial score (nSPS) is 18.2. The topological polar surface area (TPSA) is 98.7 Å². The number of carbonyl (C=O) groups is 1. The minimum absolute atomic E-state index is 0.148. The van der Waals surface area contributed by atoms with Crippen molar-refractivity contribution in [3.63, 3.8) is 0 Å². The smallest absolute Gasteiger partial charge is 0.262 e. The van der Waals surface area contributed by atoms with Crippen LogP contribution in [0.1, 0.15) is 43.2 Å². The fourth-order valence-corrected chi connectivity index (χ4v) is 8.16. The molecule has 0 atom stereocenters. The number of pyridine rings is 2. The van der Waals surface area contributed by atoms with Gasteiger partial charge in [0, 0.05) is 48.9 Å². The predicted octanol–water partition coefficient (Wildman–Crippen LogP) is 5.33. The monoisotopic (exact) mass is 610 g/mol. The molecule has 3 aliphatic rings. The zero-order valence-corrected chi connectivity index (χ0v) is 26.5. The fourth-order valence-electron chi connectivity index (χ4n) is 7.11. The fraction of sp³-hybridized carbons (Fsp3) is 0.382. The Balaban J connectivity index is 1.31. The van der Waals surface area contributed by atoms with Gasteiger partial charge in [-0.1, -0.05) is 30.2 Å². The molecule has 0 bridgehead atoms. The number of benzene rings is 2. The summed E-state index contributed by atoms with van der Waals surface area (Å²) >= 11 is 0. The number of nitrogens with zero attached hydrogens (tertiary/aromatic N) is 5. The quantitative estimate of drug-likeness (QED) is 0.315. The van der Waals surface area contributed by atoms with Crippen molar-refractivity contribution >= 4 is 44.0 Å². The molecule has 4 aromatic rings. The number of rotatable bonds is 6. The maximum atomic E-state index is 13.6. The van der Waals surface area contributed by atoms with Crippen LogP contribution in [-0.4, -0.2) is 69.5 Å². The van der Waals surface area contributed by atoms with Crippen LogP contribution in [0.5, 0.6) is 0 Å². The second kappa shape index (κ2) is 10.6. The van der Waals surface area contributed by atoms with Crippen LogP contribution in [0.4, 0.5) is 17.2 Å². The van der Waals surface area contributed by atoms with Gasteiger partial charge in [-0.25, -0.2) is 13.4 Å². The number of aromatic nitrogens is 2. The Morgan fingerprint density at radius 2 is 1.68 bits per heavy atom. The lowest BCUT2D eigenvalue weighted by atomic mass is 9.64. The van der Waals surface area contributed by atoms with Crippen LogP contribution in [0.25, 0.3) is 22.0 Å². The summed E-state index contributed by atoms with van der Waals surface area (Å²) in [4.78, 5) is 29.3. The van der Waals surface area contributed by atoms with Crippen molar-refractivity contribution < 1.29 is 13.2 Å². The molecular formula is C34H38N6O3S. The molecule has 10 heteroatoms. The number of anilines is 3. The van der Waals surface area contributed by atoms with Gasteiger partial charge in [0.25, 0.3) is 10.0 Å². The Bertz CT molecular complexity index is 1880. The van der Waals surface area contributed by atoms with Gasteiger partial charge in [-0.2, -0.15) is 0 Å². The number of sulfonamides is 1. The largest absolute Gasteiger partial charge is 0.355 e. The summed E-state index contributed by atoms with van der Waals surface area (Å²) in [7, 11) is 2.18. The second-order valence-electron chi connectivity index (χ2n) is 12.7. The van der Waals surface area contributed by atoms with Crippen LogP contribution in [0, 0.1) is 6.92 Å². The van der Waals surface area contributed by atoms with Crippen LogP contribution in [0.3, 0.4) is 0 Å². The summed E-state index contributed by atoms with van der Waals surface area (Å²) in [5, 5.41) is 0.967. The highest BCUT2D eigenvalue weighted by molar-refractivity contribution is 7.92. The van der Waals surface area contributed by atoms with Crippen molar-refractivity contribution in [3.05, 3.63) is 72.1 Å². The lowest BCUT2D eigenvalue weighted by molar-refractivity contribution is -0.125. The minimum Gasteiger partial charge on any atom is -0.355 e. The Kier molecular flexibility index (Phi) is 6.89. The standard InChI is InChI=1S/C34H38N6O3S/c1-22-6-9-26(10-7-22)44(42,43)37-29-19-24(20-36-32(29)40-16-12-25(13-17-40)38(2)3)23-8-11-28-27(18-23)31-30(21-35-28)39(4)33(41)34(31)14-5-15-34/h6-11,18-21,25,37H,5,12-17H2,1-4H3. The number of carbonyl (C=O) groups excluding carboxylic acids is 1. The van der Waals surface area contributed by atoms with Crippen molar-refractivity contribution in [1.82, 2.24) is 14.9 Å². The number of piperidine rings is 1. The first-order chi connectivity index (χ1) is 21.1. The van der Waals surface area contributed by atoms with E-state index in [-0.39, 0.29) is 10.8 Å². The summed E-state index contributed by atoms with van der Waals surface area (Å²) in [6, 6.07) is 15.3. The minimum atomic E-state index is -3.86. The van der Waals surface area contributed by atoms with Gasteiger partial charge in [0.15, 0.2) is 5.82 Å². The molecule has 1 spiro atoms. The third-order valence-electron chi connectivity index (χ3n) is 9.88. The lowest BCUT2D eigenvalue weighted by Gasteiger charge is -2.37. The molecule has 1 N–H and O–H groups in total. The van der Waals surface area contributed by atoms with Crippen LogP contribution in [0.2, 0.25) is 0 Å². The molecule has 2 fully saturated rings. The van der Waals surface area contributed by atoms with Crippen molar-refractivity contribution in [2.24, 2.45) is 0 Å². The summed E-state index contributed by atoms with van der Waals surface area (Å²) in [5.41, 5.74) is 5.44. The van der Waals surface area contributed by atoms with Crippen molar-refractivity contribution in [2.45, 2.75) is 55.4 Å². The predicted molar refractivity (Wildman–Crippen MR) is 175 cm³/mol. The molecule has 0 radical (unpaired) electrons. The van der Waals surface area contributed by atoms with Gasteiger partial charge < -0.3 is 14.7 Å². The first-order valence-corrected chi connectivity index (χ1v) is 16.8. The molecule has 1 amide bonds. The number of hydrogen-bond acceptors (Lipinski definition) is 7. The Hall–Kier alpha value is -4.02. The molecule has 228 valence electrons. The Morgan fingerprint density at radius 1 is 0.955 bits per heavy atom. The average Bonchev–Trinajstić information content (AvgIpc) is 3.24. The molecule has 0 unspecified atom stereocenters. The number of hydrogen-bond donors (Lipinski definition) is 1. The molecule has 2 aliphatic heterocycles. The molecular weight excluding hydrogens is 572 g/mol. The van der Waals surface area contributed by atoms with Crippen molar-refractivity contribution in [2.75, 3.05) is 48.8 Å². The average molecular weight is 611 g/mol. The summed E-state index contributed by atoms with van der Waals surface area (Å²) < 4.78 is 30.1. The van der Waals surface area contributed by atoms with Gasteiger partial charge >= 0.3 is 0 Å². The zero-order valence-electron chi connectivity index (χ0n) is 25.7. The van der Waals surface area contributed by atoms with Gasteiger partial charge in [0.1, 0.15) is 0 Å². The summed E-state index contributed by atoms with van der Waals surface area (Å²) in [6.07, 6.45) is 8.30. The van der Waals surface area contributed by atoms with Crippen LogP contribution in [0.15, 0.2) is 65.8 Å². The van der Waals surface area contributed by atoms with Gasteiger partial charge in [-0.3, -0.25) is 14.5 Å². The van der Waals surface area contributed by atoms with E-state index in [4.69, 9.17) is 4.98 Å². The maximum Gasteiger partial charge on any atom is 0.262 e. The Labute approximate surface area is 259 Å². The molecule has 7 rings (SSSR count). The molecule has 44 heavy (non-hydrogen) atoms. The lowest BCUT2D eigenvalue weighted by Crippen LogP contribution is -2.43. The van der Waals surface area contributed by atoms with Crippen molar-refractivity contribution in [3.8, 4) is 11.1 Å². The third-order valence-corrected chi connectivity index (χ3v) is 11.3. The van der Waals surface area contributed by atoms with Crippen LogP contribution < -0.4 is 14.5 Å². The number of likely N-dealkylation sites (N-methyl/N-ethyl adjacent to an activating group) is 1. The van der Waals surface area contributed by atoms with Crippen LogP contribution in [-0.2, 0) is 20.2 Å². The summed E-state index contributed by atoms with van der Waals surface area (Å²) in [6.45, 7) is 3.50. The first kappa shape index (κ1) is 28.7. The van der Waals surface area contributed by atoms with Gasteiger partial charge in [0.05, 0.1) is 33.4 Å². The van der Waals surface area contributed by atoms with E-state index in [9.17, 15) is 13.2 Å². The number of aryl methyl sites for hydroxylation is 1. The van der Waals surface area contributed by atoms with Crippen molar-refractivity contribution in [1.29, 1.82) is 0 Å². The van der Waals surface area contributed by atoms with E-state index in [0.717, 1.165) is 84.0 Å². The van der Waals surface area contributed by atoms with E-state index in [1.54, 1.807) is 29.2 Å². The van der Waals surface area contributed by atoms with E-state index >= 15 is 0 Å². The highest BCUT2D eigenvalue weighted by atomic mass is 32.2. The Morgan fingerprint density at radius 3 is 2.34 bits per heavy atom. The maximum absolute atomic E-state index is 13.6. The molecule has 2 aromatic carbocycles. The highest BCUT2D eigenvalue weighted by Crippen LogP contribution is 2.55. The number of amides is 1.